The van der Waals surface area contributed by atoms with Crippen LogP contribution in [0.1, 0.15) is 52.5 Å². The molecule has 0 aromatic heterocycles. The highest BCUT2D eigenvalue weighted by molar-refractivity contribution is 7.96. The fraction of sp³-hybridized carbons (Fsp3) is 0.556. The Labute approximate surface area is 143 Å². The number of nitrogens with zero attached hydrogens (tertiary/aromatic N) is 3. The Hall–Kier alpha value is -1.51. The number of nitriles is 1. The third kappa shape index (κ3) is 4.73. The third-order valence-corrected chi connectivity index (χ3v) is 5.60. The van der Waals surface area contributed by atoms with Gasteiger partial charge in [0.25, 0.3) is 0 Å². The lowest BCUT2D eigenvalue weighted by molar-refractivity contribution is 0.0677. The molecule has 1 saturated heterocycles. The molecular formula is C18H25N3OS. The quantitative estimate of drug-likeness (QED) is 0.454. The summed E-state index contributed by atoms with van der Waals surface area (Å²) in [5.41, 5.74) is 1.13. The standard InChI is InChI=1S/C18H25N3OS/c1-17(2)11-8-12-18(3,4)21(17)23-20-16(13-19)22-14-15-9-6-5-7-10-15/h5-7,9-10H,8,11-12,14H2,1-4H3. The maximum Gasteiger partial charge on any atom is 0.303 e. The Kier molecular flexibility index (Phi) is 5.72. The lowest BCUT2D eigenvalue weighted by atomic mass is 9.83. The molecule has 5 heteroatoms. The highest BCUT2D eigenvalue weighted by Gasteiger charge is 2.42. The van der Waals surface area contributed by atoms with Gasteiger partial charge in [-0.1, -0.05) is 30.3 Å². The minimum Gasteiger partial charge on any atom is -0.465 e. The minimum atomic E-state index is 0.0515. The number of hydrogen-bond acceptors (Lipinski definition) is 5. The number of piperidine rings is 1. The van der Waals surface area contributed by atoms with Crippen LogP contribution in [0, 0.1) is 11.3 Å². The van der Waals surface area contributed by atoms with Crippen LogP contribution in [0.15, 0.2) is 34.7 Å². The van der Waals surface area contributed by atoms with Crippen LogP contribution in [-0.4, -0.2) is 21.3 Å². The molecule has 0 atom stereocenters. The van der Waals surface area contributed by atoms with E-state index in [1.165, 1.54) is 18.6 Å². The smallest absolute Gasteiger partial charge is 0.303 e. The molecule has 1 aromatic rings. The van der Waals surface area contributed by atoms with Crippen molar-refractivity contribution in [2.75, 3.05) is 0 Å². The predicted octanol–water partition coefficient (Wildman–Crippen LogP) is 4.73. The zero-order chi connectivity index (χ0) is 16.9. The molecule has 0 saturated carbocycles. The van der Waals surface area contributed by atoms with E-state index in [1.54, 1.807) is 0 Å². The van der Waals surface area contributed by atoms with Crippen molar-refractivity contribution in [1.82, 2.24) is 4.31 Å². The number of benzene rings is 1. The summed E-state index contributed by atoms with van der Waals surface area (Å²) in [6.45, 7) is 9.28. The van der Waals surface area contributed by atoms with Crippen LogP contribution in [0.5, 0.6) is 0 Å². The van der Waals surface area contributed by atoms with Gasteiger partial charge in [-0.25, -0.2) is 4.31 Å². The van der Waals surface area contributed by atoms with Gasteiger partial charge in [0, 0.05) is 11.1 Å². The van der Waals surface area contributed by atoms with Gasteiger partial charge in [0.05, 0.1) is 12.1 Å². The predicted molar refractivity (Wildman–Crippen MR) is 95.7 cm³/mol. The average molecular weight is 331 g/mol. The van der Waals surface area contributed by atoms with E-state index in [1.807, 2.05) is 36.4 Å². The highest BCUT2D eigenvalue weighted by atomic mass is 32.2. The molecule has 4 nitrogen and oxygen atoms in total. The van der Waals surface area contributed by atoms with Gasteiger partial charge in [-0.15, -0.1) is 0 Å². The molecule has 0 aliphatic carbocycles. The first-order valence-electron chi connectivity index (χ1n) is 7.97. The van der Waals surface area contributed by atoms with E-state index in [4.69, 9.17) is 4.74 Å². The van der Waals surface area contributed by atoms with Crippen molar-refractivity contribution in [3.8, 4) is 6.07 Å². The molecule has 0 N–H and O–H groups in total. The van der Waals surface area contributed by atoms with E-state index in [9.17, 15) is 5.26 Å². The fourth-order valence-corrected chi connectivity index (χ4v) is 3.95. The van der Waals surface area contributed by atoms with Crippen molar-refractivity contribution in [2.24, 2.45) is 4.40 Å². The molecule has 1 fully saturated rings. The van der Waals surface area contributed by atoms with Crippen molar-refractivity contribution in [1.29, 1.82) is 5.26 Å². The van der Waals surface area contributed by atoms with Crippen molar-refractivity contribution in [2.45, 2.75) is 64.6 Å². The topological polar surface area (TPSA) is 48.6 Å². The van der Waals surface area contributed by atoms with Crippen LogP contribution in [-0.2, 0) is 11.3 Å². The molecule has 1 aliphatic heterocycles. The van der Waals surface area contributed by atoms with Crippen molar-refractivity contribution in [3.05, 3.63) is 35.9 Å². The van der Waals surface area contributed by atoms with E-state index < -0.39 is 0 Å². The fourth-order valence-electron chi connectivity index (χ4n) is 3.08. The van der Waals surface area contributed by atoms with Crippen LogP contribution in [0.2, 0.25) is 0 Å². The molecule has 1 aliphatic rings. The van der Waals surface area contributed by atoms with Gasteiger partial charge >= 0.3 is 5.90 Å². The monoisotopic (exact) mass is 331 g/mol. The number of rotatable bonds is 4. The van der Waals surface area contributed by atoms with Crippen molar-refractivity contribution < 1.29 is 4.74 Å². The molecule has 0 unspecified atom stereocenters. The average Bonchev–Trinajstić information content (AvgIpc) is 2.49. The van der Waals surface area contributed by atoms with Gasteiger partial charge in [-0.2, -0.15) is 9.66 Å². The maximum absolute atomic E-state index is 9.26. The first-order valence-corrected chi connectivity index (χ1v) is 8.70. The van der Waals surface area contributed by atoms with Crippen molar-refractivity contribution in [3.63, 3.8) is 0 Å². The van der Waals surface area contributed by atoms with Crippen LogP contribution < -0.4 is 0 Å². The summed E-state index contributed by atoms with van der Waals surface area (Å²) in [4.78, 5) is 0. The highest BCUT2D eigenvalue weighted by Crippen LogP contribution is 2.43. The van der Waals surface area contributed by atoms with E-state index >= 15 is 0 Å². The molecule has 0 bridgehead atoms. The second-order valence-corrected chi connectivity index (χ2v) is 7.85. The van der Waals surface area contributed by atoms with E-state index in [2.05, 4.69) is 36.4 Å². The third-order valence-electron chi connectivity index (χ3n) is 4.20. The largest absolute Gasteiger partial charge is 0.465 e. The number of hydrogen-bond donors (Lipinski definition) is 0. The zero-order valence-electron chi connectivity index (χ0n) is 14.4. The Morgan fingerprint density at radius 1 is 1.22 bits per heavy atom. The summed E-state index contributed by atoms with van der Waals surface area (Å²) in [7, 11) is 0. The second kappa shape index (κ2) is 7.37. The molecule has 23 heavy (non-hydrogen) atoms. The van der Waals surface area contributed by atoms with Crippen LogP contribution in [0.4, 0.5) is 0 Å². The molecule has 0 spiro atoms. The molecule has 0 amide bonds. The molecule has 1 aromatic carbocycles. The maximum atomic E-state index is 9.26. The second-order valence-electron chi connectivity index (χ2n) is 7.14. The van der Waals surface area contributed by atoms with Gasteiger partial charge in [-0.3, -0.25) is 0 Å². The Morgan fingerprint density at radius 3 is 2.39 bits per heavy atom. The summed E-state index contributed by atoms with van der Waals surface area (Å²) < 4.78 is 12.2. The normalized spacial score (nSPS) is 20.7. The summed E-state index contributed by atoms with van der Waals surface area (Å²) in [5.74, 6) is 0.121. The van der Waals surface area contributed by atoms with Gasteiger partial charge < -0.3 is 4.74 Å². The van der Waals surface area contributed by atoms with Crippen molar-refractivity contribution >= 4 is 18.0 Å². The van der Waals surface area contributed by atoms with Crippen LogP contribution >= 0.6 is 12.1 Å². The lowest BCUT2D eigenvalue weighted by Gasteiger charge is -2.50. The van der Waals surface area contributed by atoms with Crippen LogP contribution in [0.25, 0.3) is 0 Å². The Balaban J connectivity index is 2.02. The molecule has 2 rings (SSSR count). The first-order chi connectivity index (χ1) is 10.8. The summed E-state index contributed by atoms with van der Waals surface area (Å²) in [6.07, 6.45) is 3.48. The van der Waals surface area contributed by atoms with E-state index in [0.717, 1.165) is 18.4 Å². The lowest BCUT2D eigenvalue weighted by Crippen LogP contribution is -2.54. The SMILES string of the molecule is CC1(C)CCCC(C)(C)N1SN=C(C#N)OCc1ccccc1. The van der Waals surface area contributed by atoms with Crippen LogP contribution in [0.3, 0.4) is 0 Å². The Morgan fingerprint density at radius 2 is 1.83 bits per heavy atom. The molecule has 124 valence electrons. The summed E-state index contributed by atoms with van der Waals surface area (Å²) >= 11 is 1.35. The van der Waals surface area contributed by atoms with Gasteiger partial charge in [0.1, 0.15) is 6.61 Å². The number of ether oxygens (including phenoxy) is 1. The molecule has 0 radical (unpaired) electrons. The minimum absolute atomic E-state index is 0.0515. The summed E-state index contributed by atoms with van der Waals surface area (Å²) in [6, 6.07) is 11.9. The summed E-state index contributed by atoms with van der Waals surface area (Å²) in [5, 5.41) is 9.26. The molecule has 1 heterocycles. The zero-order valence-corrected chi connectivity index (χ0v) is 15.2. The van der Waals surface area contributed by atoms with E-state index in [-0.39, 0.29) is 17.0 Å². The Bertz CT molecular complexity index is 574. The van der Waals surface area contributed by atoms with Gasteiger partial charge in [-0.05, 0) is 52.5 Å². The van der Waals surface area contributed by atoms with Gasteiger partial charge in [0.2, 0.25) is 0 Å². The molecular weight excluding hydrogens is 306 g/mol. The van der Waals surface area contributed by atoms with E-state index in [0.29, 0.717) is 6.61 Å². The van der Waals surface area contributed by atoms with Gasteiger partial charge in [0.15, 0.2) is 6.07 Å². The first kappa shape index (κ1) is 17.8.